The van der Waals surface area contributed by atoms with Crippen LogP contribution in [0.2, 0.25) is 0 Å². The van der Waals surface area contributed by atoms with Crippen LogP contribution in [0.3, 0.4) is 0 Å². The Labute approximate surface area is 90.1 Å². The third kappa shape index (κ3) is 2.96. The second-order valence-electron chi connectivity index (χ2n) is 3.69. The predicted octanol–water partition coefficient (Wildman–Crippen LogP) is 3.34. The zero-order chi connectivity index (χ0) is 10.6. The molecule has 0 unspecified atom stereocenters. The molecule has 1 rings (SSSR count). The second kappa shape index (κ2) is 5.32. The van der Waals surface area contributed by atoms with Gasteiger partial charge in [0.2, 0.25) is 0 Å². The van der Waals surface area contributed by atoms with Crippen molar-refractivity contribution in [1.82, 2.24) is 0 Å². The van der Waals surface area contributed by atoms with Crippen LogP contribution >= 0.6 is 11.3 Å². The van der Waals surface area contributed by atoms with Crippen molar-refractivity contribution in [2.24, 2.45) is 5.92 Å². The van der Waals surface area contributed by atoms with Gasteiger partial charge in [0.1, 0.15) is 0 Å². The number of thiophene rings is 1. The molecule has 1 aromatic rings. The average molecular weight is 210 g/mol. The van der Waals surface area contributed by atoms with E-state index in [0.717, 1.165) is 12.0 Å². The molecule has 1 N–H and O–H groups in total. The van der Waals surface area contributed by atoms with Crippen molar-refractivity contribution in [2.45, 2.75) is 27.2 Å². The Morgan fingerprint density at radius 2 is 2.21 bits per heavy atom. The number of aryl methyl sites for hydroxylation is 1. The van der Waals surface area contributed by atoms with Crippen LogP contribution in [-0.2, 0) is 6.42 Å². The molecule has 0 radical (unpaired) electrons. The first-order valence-corrected chi connectivity index (χ1v) is 5.89. The number of hydrogen-bond acceptors (Lipinski definition) is 2. The molecule has 1 aromatic heterocycles. The van der Waals surface area contributed by atoms with Gasteiger partial charge in [-0.05, 0) is 36.1 Å². The standard InChI is InChI=1S/C12H18OS/c1-4-11-5-6-12(14-11)7-10(8-13)9(2)3/h5-7,9,13H,4,8H2,1-3H3. The van der Waals surface area contributed by atoms with E-state index in [9.17, 15) is 0 Å². The molecule has 0 aliphatic heterocycles. The summed E-state index contributed by atoms with van der Waals surface area (Å²) >= 11 is 1.81. The maximum absolute atomic E-state index is 9.16. The lowest BCUT2D eigenvalue weighted by Gasteiger charge is -2.06. The predicted molar refractivity (Wildman–Crippen MR) is 63.6 cm³/mol. The minimum Gasteiger partial charge on any atom is -0.392 e. The Bertz CT molecular complexity index is 310. The minimum atomic E-state index is 0.164. The summed E-state index contributed by atoms with van der Waals surface area (Å²) in [4.78, 5) is 2.65. The summed E-state index contributed by atoms with van der Waals surface area (Å²) in [6.45, 7) is 6.54. The van der Waals surface area contributed by atoms with Crippen LogP contribution in [0.5, 0.6) is 0 Å². The maximum atomic E-state index is 9.16. The lowest BCUT2D eigenvalue weighted by Crippen LogP contribution is -1.98. The Balaban J connectivity index is 2.83. The monoisotopic (exact) mass is 210 g/mol. The molecular weight excluding hydrogens is 192 g/mol. The van der Waals surface area contributed by atoms with Gasteiger partial charge in [-0.15, -0.1) is 11.3 Å². The van der Waals surface area contributed by atoms with Crippen LogP contribution in [0.1, 0.15) is 30.5 Å². The number of rotatable bonds is 4. The highest BCUT2D eigenvalue weighted by Gasteiger charge is 2.03. The Hall–Kier alpha value is -0.600. The van der Waals surface area contributed by atoms with Gasteiger partial charge in [-0.25, -0.2) is 0 Å². The first kappa shape index (κ1) is 11.5. The van der Waals surface area contributed by atoms with Gasteiger partial charge in [-0.1, -0.05) is 20.8 Å². The van der Waals surface area contributed by atoms with E-state index in [1.54, 1.807) is 11.3 Å². The van der Waals surface area contributed by atoms with Gasteiger partial charge in [0.05, 0.1) is 6.61 Å². The highest BCUT2D eigenvalue weighted by atomic mass is 32.1. The summed E-state index contributed by atoms with van der Waals surface area (Å²) in [5.41, 5.74) is 1.11. The molecule has 0 saturated carbocycles. The largest absolute Gasteiger partial charge is 0.392 e. The minimum absolute atomic E-state index is 0.164. The summed E-state index contributed by atoms with van der Waals surface area (Å²) in [6, 6.07) is 4.29. The average Bonchev–Trinajstić information content (AvgIpc) is 2.61. The molecule has 0 atom stereocenters. The van der Waals surface area contributed by atoms with Gasteiger partial charge in [0.15, 0.2) is 0 Å². The van der Waals surface area contributed by atoms with Gasteiger partial charge in [-0.2, -0.15) is 0 Å². The molecule has 0 spiro atoms. The molecule has 14 heavy (non-hydrogen) atoms. The molecule has 2 heteroatoms. The Morgan fingerprint density at radius 1 is 1.50 bits per heavy atom. The molecule has 1 nitrogen and oxygen atoms in total. The molecule has 0 aliphatic carbocycles. The van der Waals surface area contributed by atoms with Crippen molar-refractivity contribution in [3.05, 3.63) is 27.5 Å². The summed E-state index contributed by atoms with van der Waals surface area (Å²) < 4.78 is 0. The van der Waals surface area contributed by atoms with E-state index in [1.807, 2.05) is 0 Å². The Kier molecular flexibility index (Phi) is 4.36. The third-order valence-electron chi connectivity index (χ3n) is 2.28. The molecule has 0 aliphatic rings. The van der Waals surface area contributed by atoms with E-state index < -0.39 is 0 Å². The van der Waals surface area contributed by atoms with Gasteiger partial charge < -0.3 is 5.11 Å². The van der Waals surface area contributed by atoms with E-state index in [-0.39, 0.29) is 6.61 Å². The van der Waals surface area contributed by atoms with E-state index in [0.29, 0.717) is 5.92 Å². The van der Waals surface area contributed by atoms with Gasteiger partial charge in [-0.3, -0.25) is 0 Å². The van der Waals surface area contributed by atoms with Crippen molar-refractivity contribution in [3.63, 3.8) is 0 Å². The summed E-state index contributed by atoms with van der Waals surface area (Å²) in [7, 11) is 0. The van der Waals surface area contributed by atoms with E-state index in [1.165, 1.54) is 9.75 Å². The lowest BCUT2D eigenvalue weighted by molar-refractivity contribution is 0.320. The normalized spacial score (nSPS) is 12.5. The van der Waals surface area contributed by atoms with E-state index in [2.05, 4.69) is 39.0 Å². The third-order valence-corrected chi connectivity index (χ3v) is 3.46. The first-order valence-electron chi connectivity index (χ1n) is 5.07. The molecule has 0 aromatic carbocycles. The molecule has 1 heterocycles. The number of aliphatic hydroxyl groups is 1. The van der Waals surface area contributed by atoms with Crippen LogP contribution in [0.4, 0.5) is 0 Å². The van der Waals surface area contributed by atoms with Crippen LogP contribution in [0.15, 0.2) is 17.7 Å². The molecule has 0 saturated heterocycles. The van der Waals surface area contributed by atoms with Crippen LogP contribution < -0.4 is 0 Å². The molecule has 0 amide bonds. The topological polar surface area (TPSA) is 20.2 Å². The van der Waals surface area contributed by atoms with Crippen LogP contribution in [0, 0.1) is 5.92 Å². The van der Waals surface area contributed by atoms with E-state index in [4.69, 9.17) is 5.11 Å². The zero-order valence-electron chi connectivity index (χ0n) is 9.08. The maximum Gasteiger partial charge on any atom is 0.0647 e. The highest BCUT2D eigenvalue weighted by Crippen LogP contribution is 2.21. The second-order valence-corrected chi connectivity index (χ2v) is 4.89. The van der Waals surface area contributed by atoms with Gasteiger partial charge >= 0.3 is 0 Å². The number of hydrogen-bond donors (Lipinski definition) is 1. The first-order chi connectivity index (χ1) is 6.67. The fourth-order valence-corrected chi connectivity index (χ4v) is 2.17. The molecule has 78 valence electrons. The lowest BCUT2D eigenvalue weighted by atomic mass is 10.0. The van der Waals surface area contributed by atoms with Gasteiger partial charge in [0, 0.05) is 9.75 Å². The van der Waals surface area contributed by atoms with Gasteiger partial charge in [0.25, 0.3) is 0 Å². The quantitative estimate of drug-likeness (QED) is 0.808. The van der Waals surface area contributed by atoms with Crippen molar-refractivity contribution in [3.8, 4) is 0 Å². The molecule has 0 fully saturated rings. The van der Waals surface area contributed by atoms with Crippen LogP contribution in [0.25, 0.3) is 6.08 Å². The SMILES string of the molecule is CCc1ccc(C=C(CO)C(C)C)s1. The van der Waals surface area contributed by atoms with Crippen molar-refractivity contribution < 1.29 is 5.11 Å². The van der Waals surface area contributed by atoms with Crippen molar-refractivity contribution in [2.75, 3.05) is 6.61 Å². The van der Waals surface area contributed by atoms with Crippen molar-refractivity contribution >= 4 is 17.4 Å². The summed E-state index contributed by atoms with van der Waals surface area (Å²) in [5.74, 6) is 0.423. The van der Waals surface area contributed by atoms with E-state index >= 15 is 0 Å². The summed E-state index contributed by atoms with van der Waals surface area (Å²) in [5, 5.41) is 9.16. The fraction of sp³-hybridized carbons (Fsp3) is 0.500. The Morgan fingerprint density at radius 3 is 2.64 bits per heavy atom. The smallest absolute Gasteiger partial charge is 0.0647 e. The van der Waals surface area contributed by atoms with Crippen LogP contribution in [-0.4, -0.2) is 11.7 Å². The van der Waals surface area contributed by atoms with Crippen molar-refractivity contribution in [1.29, 1.82) is 0 Å². The summed E-state index contributed by atoms with van der Waals surface area (Å²) in [6.07, 6.45) is 3.20. The molecule has 0 bridgehead atoms. The molecular formula is C12H18OS. The fourth-order valence-electron chi connectivity index (χ4n) is 1.24. The number of aliphatic hydroxyl groups excluding tert-OH is 1. The zero-order valence-corrected chi connectivity index (χ0v) is 9.90. The highest BCUT2D eigenvalue weighted by molar-refractivity contribution is 7.12.